The number of benzene rings is 2. The number of halogens is 8. The van der Waals surface area contributed by atoms with Gasteiger partial charge in [0.1, 0.15) is 16.9 Å². The van der Waals surface area contributed by atoms with Crippen LogP contribution in [0.5, 0.6) is 0 Å². The Balaban J connectivity index is 0.000000211. The number of rotatable bonds is 3. The molecule has 0 aromatic heterocycles. The zero-order chi connectivity index (χ0) is 27.4. The number of nitro groups is 1. The molecule has 4 fully saturated rings. The van der Waals surface area contributed by atoms with Crippen LogP contribution in [0.1, 0.15) is 62.5 Å². The number of nitro benzene ring substituents is 1. The summed E-state index contributed by atoms with van der Waals surface area (Å²) in [5.41, 5.74) is 3.83. The summed E-state index contributed by atoms with van der Waals surface area (Å²) in [4.78, 5) is 12.1. The number of anilines is 1. The van der Waals surface area contributed by atoms with Gasteiger partial charge in [-0.05, 0) is 6.07 Å². The maximum absolute atomic E-state index is 13.0. The van der Waals surface area contributed by atoms with Crippen LogP contribution in [0.15, 0.2) is 36.4 Å². The van der Waals surface area contributed by atoms with Crippen LogP contribution in [0.3, 0.4) is 0 Å². The van der Waals surface area contributed by atoms with Crippen molar-refractivity contribution in [2.24, 2.45) is 0 Å². The van der Waals surface area contributed by atoms with Crippen LogP contribution < -0.4 is 40.3 Å². The van der Waals surface area contributed by atoms with Crippen LogP contribution in [0.25, 0.3) is 0 Å². The lowest BCUT2D eigenvalue weighted by atomic mass is 10.0. The first-order valence-corrected chi connectivity index (χ1v) is 12.9. The molecule has 6 rings (SSSR count). The Hall–Kier alpha value is -2.28. The van der Waals surface area contributed by atoms with Gasteiger partial charge in [0.2, 0.25) is 0 Å². The quantitative estimate of drug-likeness (QED) is 0.172. The number of nitrogens with zero attached hydrogens (tertiary/aromatic N) is 1. The molecule has 2 aromatic rings. The van der Waals surface area contributed by atoms with Crippen molar-refractivity contribution >= 4 is 22.7 Å². The van der Waals surface area contributed by atoms with Crippen LogP contribution in [-0.2, 0) is 12.4 Å². The summed E-state index contributed by atoms with van der Waals surface area (Å²) < 4.78 is 77.4. The lowest BCUT2D eigenvalue weighted by molar-refractivity contribution is -0.856. The van der Waals surface area contributed by atoms with E-state index >= 15 is 0 Å². The lowest BCUT2D eigenvalue weighted by Crippen LogP contribution is -3.10. The number of fused-ring (bicyclic) bond motifs is 4. The van der Waals surface area contributed by atoms with Crippen molar-refractivity contribution in [1.29, 1.82) is 0 Å². The van der Waals surface area contributed by atoms with Crippen LogP contribution in [0.2, 0.25) is 0 Å². The zero-order valence-electron chi connectivity index (χ0n) is 21.3. The van der Waals surface area contributed by atoms with Gasteiger partial charge in [0.15, 0.2) is 0 Å². The molecule has 222 valence electrons. The second-order valence-electron chi connectivity index (χ2n) is 10.8. The summed E-state index contributed by atoms with van der Waals surface area (Å²) in [7, 11) is 0. The molecule has 0 amide bonds. The summed E-state index contributed by atoms with van der Waals surface area (Å²) >= 11 is 0. The first kappa shape index (κ1) is 32.2. The van der Waals surface area contributed by atoms with E-state index in [1.165, 1.54) is 23.1 Å². The summed E-state index contributed by atoms with van der Waals surface area (Å²) in [6, 6.07) is 9.53. The highest BCUT2D eigenvalue weighted by atomic mass is 35.5. The number of hydrogen-bond acceptors (Lipinski definition) is 3. The molecule has 0 saturated carbocycles. The Morgan fingerprint density at radius 3 is 1.38 bits per heavy atom. The molecule has 4 N–H and O–H groups in total. The number of hydrogen-bond donors (Lipinski definition) is 3. The fraction of sp³-hybridized carbons (Fsp3) is 0.538. The van der Waals surface area contributed by atoms with Gasteiger partial charge in [-0.25, -0.2) is 0 Å². The molecular formula is C26H30Cl2F6N4O2. The van der Waals surface area contributed by atoms with E-state index in [9.17, 15) is 36.5 Å². The van der Waals surface area contributed by atoms with Crippen molar-refractivity contribution in [3.63, 3.8) is 0 Å². The number of nitrogens with one attached hydrogen (secondary N) is 2. The third-order valence-electron chi connectivity index (χ3n) is 8.74. The molecule has 0 unspecified atom stereocenters. The van der Waals surface area contributed by atoms with Gasteiger partial charge in [-0.15, -0.1) is 0 Å². The maximum Gasteiger partial charge on any atom is 0.423 e. The Morgan fingerprint density at radius 2 is 1.02 bits per heavy atom. The Kier molecular flexibility index (Phi) is 9.60. The predicted molar refractivity (Wildman–Crippen MR) is 127 cm³/mol. The van der Waals surface area contributed by atoms with Crippen LogP contribution in [0.4, 0.5) is 49.1 Å². The van der Waals surface area contributed by atoms with E-state index in [1.54, 1.807) is 6.07 Å². The minimum absolute atomic E-state index is 0. The number of nitrogens with two attached hydrogens (primary N) is 1. The molecule has 2 aromatic carbocycles. The van der Waals surface area contributed by atoms with Gasteiger partial charge in [0.25, 0.3) is 5.69 Å². The Bertz CT molecular complexity index is 1190. The summed E-state index contributed by atoms with van der Waals surface area (Å²) in [5.74, 6) is 0. The predicted octanol–water partition coefficient (Wildman–Crippen LogP) is -1.41. The molecule has 4 bridgehead atoms. The number of nitrogen functional groups attached to an aromatic ring is 1. The molecule has 6 nitrogen and oxygen atoms in total. The monoisotopic (exact) mass is 614 g/mol. The summed E-state index contributed by atoms with van der Waals surface area (Å²) in [6.07, 6.45) is -0.433. The third kappa shape index (κ3) is 6.14. The van der Waals surface area contributed by atoms with Gasteiger partial charge in [-0.1, -0.05) is 0 Å². The summed E-state index contributed by atoms with van der Waals surface area (Å²) in [5, 5.41) is 10.7. The van der Waals surface area contributed by atoms with Crippen molar-refractivity contribution in [3.05, 3.63) is 57.6 Å². The van der Waals surface area contributed by atoms with Crippen LogP contribution in [-0.4, -0.2) is 29.1 Å². The van der Waals surface area contributed by atoms with E-state index in [-0.39, 0.29) is 30.5 Å². The van der Waals surface area contributed by atoms with Crippen molar-refractivity contribution in [1.82, 2.24) is 0 Å². The van der Waals surface area contributed by atoms with Crippen molar-refractivity contribution < 1.29 is 65.9 Å². The standard InChI is InChI=1S/C13H13F3N2O2.C13H15F3N2.2ClH/c14-13(15,16)11-7-10(5-6-12(11)18(19)20)17-8-1-2-9(17)4-3-8;14-13(15,16)11-7-10(5-6-12(11)17)18-8-1-2-9(18)4-3-8;;/h5-9H,1-4H2;5-9H,1-4,17H2;2*1H. The molecule has 14 heteroatoms. The highest BCUT2D eigenvalue weighted by Crippen LogP contribution is 2.38. The van der Waals surface area contributed by atoms with Gasteiger partial charge < -0.3 is 30.5 Å². The lowest BCUT2D eigenvalue weighted by Gasteiger charge is -2.20. The van der Waals surface area contributed by atoms with Gasteiger partial charge in [-0.3, -0.25) is 19.9 Å². The molecule has 4 aliphatic heterocycles. The van der Waals surface area contributed by atoms with E-state index < -0.39 is 34.1 Å². The Labute approximate surface area is 239 Å². The molecule has 0 radical (unpaired) electrons. The smallest absolute Gasteiger partial charge is 0.423 e. The van der Waals surface area contributed by atoms with E-state index in [4.69, 9.17) is 5.73 Å². The first-order valence-electron chi connectivity index (χ1n) is 12.9. The molecule has 4 aliphatic rings. The van der Waals surface area contributed by atoms with Crippen LogP contribution >= 0.6 is 0 Å². The molecule has 40 heavy (non-hydrogen) atoms. The highest BCUT2D eigenvalue weighted by Gasteiger charge is 2.47. The first-order chi connectivity index (χ1) is 17.8. The third-order valence-corrected chi connectivity index (χ3v) is 8.74. The van der Waals surface area contributed by atoms with Crippen molar-refractivity contribution in [3.8, 4) is 0 Å². The van der Waals surface area contributed by atoms with Crippen LogP contribution in [0, 0.1) is 10.1 Å². The molecule has 0 spiro atoms. The van der Waals surface area contributed by atoms with E-state index in [0.717, 1.165) is 74.1 Å². The molecular weight excluding hydrogens is 585 g/mol. The van der Waals surface area contributed by atoms with Gasteiger partial charge in [0.05, 0.1) is 34.7 Å². The second kappa shape index (κ2) is 11.9. The van der Waals surface area contributed by atoms with Gasteiger partial charge in [0, 0.05) is 87.4 Å². The molecule has 4 saturated heterocycles. The Morgan fingerprint density at radius 1 is 0.675 bits per heavy atom. The fourth-order valence-corrected chi connectivity index (χ4v) is 7.12. The minimum atomic E-state index is -4.70. The average molecular weight is 615 g/mol. The van der Waals surface area contributed by atoms with E-state index in [2.05, 4.69) is 0 Å². The largest absolute Gasteiger partial charge is 1.00 e. The van der Waals surface area contributed by atoms with E-state index in [0.29, 0.717) is 29.9 Å². The number of alkyl halides is 6. The fourth-order valence-electron chi connectivity index (χ4n) is 7.12. The second-order valence-corrected chi connectivity index (χ2v) is 10.8. The van der Waals surface area contributed by atoms with Gasteiger partial charge in [-0.2, -0.15) is 26.3 Å². The summed E-state index contributed by atoms with van der Waals surface area (Å²) in [6.45, 7) is 0. The molecule has 4 heterocycles. The SMILES string of the molecule is Nc1ccc([NH+]2C3CCC2CC3)cc1C(F)(F)F.O=[N+]([O-])c1ccc([NH+]2C3CCC2CC3)cc1C(F)(F)F.[Cl-].[Cl-]. The molecule has 0 aliphatic carbocycles. The average Bonchev–Trinajstić information content (AvgIpc) is 3.64. The zero-order valence-corrected chi connectivity index (χ0v) is 22.8. The topological polar surface area (TPSA) is 78.0 Å². The van der Waals surface area contributed by atoms with Crippen molar-refractivity contribution in [2.75, 3.05) is 5.73 Å². The van der Waals surface area contributed by atoms with Gasteiger partial charge >= 0.3 is 12.4 Å². The maximum atomic E-state index is 13.0. The normalized spacial score (nSPS) is 28.4. The minimum Gasteiger partial charge on any atom is -1.00 e. The molecule has 0 atom stereocenters. The van der Waals surface area contributed by atoms with Crippen molar-refractivity contribution in [2.45, 2.75) is 87.9 Å². The van der Waals surface area contributed by atoms with E-state index in [1.807, 2.05) is 0 Å². The highest BCUT2D eigenvalue weighted by molar-refractivity contribution is 5.54. The number of quaternary nitrogens is 2.